The monoisotopic (exact) mass is 473 g/mol. The second-order valence-corrected chi connectivity index (χ2v) is 11.9. The fourth-order valence-corrected chi connectivity index (χ4v) is 6.57. The van der Waals surface area contributed by atoms with E-state index in [2.05, 4.69) is 18.8 Å². The number of carbonyl (C=O) groups is 1. The minimum Gasteiger partial charge on any atom is -0.480 e. The van der Waals surface area contributed by atoms with Crippen LogP contribution in [0.1, 0.15) is 38.2 Å². The zero-order valence-electron chi connectivity index (χ0n) is 18.1. The third-order valence-corrected chi connectivity index (χ3v) is 8.63. The number of benzene rings is 1. The molecule has 170 valence electrons. The first kappa shape index (κ1) is 22.8. The molecule has 1 fully saturated rings. The molecule has 0 radical (unpaired) electrons. The fraction of sp³-hybridized carbons (Fsp3) is 0.391. The Morgan fingerprint density at radius 2 is 1.88 bits per heavy atom. The maximum absolute atomic E-state index is 13.1. The van der Waals surface area contributed by atoms with Crippen LogP contribution in [-0.2, 0) is 21.4 Å². The van der Waals surface area contributed by atoms with E-state index in [0.717, 1.165) is 15.8 Å². The van der Waals surface area contributed by atoms with Gasteiger partial charge >= 0.3 is 5.97 Å². The van der Waals surface area contributed by atoms with E-state index < -0.39 is 16.0 Å². The van der Waals surface area contributed by atoms with Gasteiger partial charge in [-0.25, -0.2) is 13.4 Å². The van der Waals surface area contributed by atoms with Gasteiger partial charge in [-0.1, -0.05) is 13.8 Å². The Balaban J connectivity index is 1.50. The third-order valence-electron chi connectivity index (χ3n) is 5.70. The van der Waals surface area contributed by atoms with Gasteiger partial charge < -0.3 is 9.67 Å². The molecule has 1 saturated heterocycles. The number of carboxylic acid groups (broad SMARTS) is 1. The van der Waals surface area contributed by atoms with Crippen molar-refractivity contribution < 1.29 is 18.3 Å². The zero-order valence-corrected chi connectivity index (χ0v) is 19.8. The van der Waals surface area contributed by atoms with Gasteiger partial charge in [-0.2, -0.15) is 4.31 Å². The molecule has 1 N–H and O–H groups in total. The number of rotatable bonds is 7. The summed E-state index contributed by atoms with van der Waals surface area (Å²) in [6, 6.07) is 10.9. The Morgan fingerprint density at radius 3 is 2.50 bits per heavy atom. The number of nitrogens with zero attached hydrogens (tertiary/aromatic N) is 3. The molecule has 3 heterocycles. The number of carboxylic acids is 1. The number of fused-ring (bicyclic) bond motifs is 1. The summed E-state index contributed by atoms with van der Waals surface area (Å²) >= 11 is 1.71. The van der Waals surface area contributed by atoms with Gasteiger partial charge in [0.1, 0.15) is 12.2 Å². The molecule has 0 unspecified atom stereocenters. The normalized spacial score (nSPS) is 16.1. The molecule has 0 amide bonds. The van der Waals surface area contributed by atoms with Gasteiger partial charge in [0.2, 0.25) is 10.0 Å². The van der Waals surface area contributed by atoms with Crippen molar-refractivity contribution in [1.82, 2.24) is 13.9 Å². The number of aromatic nitrogens is 2. The summed E-state index contributed by atoms with van der Waals surface area (Å²) in [7, 11) is -3.54. The van der Waals surface area contributed by atoms with E-state index >= 15 is 0 Å². The highest BCUT2D eigenvalue weighted by atomic mass is 32.2. The summed E-state index contributed by atoms with van der Waals surface area (Å²) < 4.78 is 29.5. The summed E-state index contributed by atoms with van der Waals surface area (Å²) in [6.07, 6.45) is 4.89. The average Bonchev–Trinajstić information content (AvgIpc) is 3.12. The topological polar surface area (TPSA) is 92.5 Å². The Kier molecular flexibility index (Phi) is 6.60. The van der Waals surface area contributed by atoms with Gasteiger partial charge in [0.25, 0.3) is 0 Å². The second kappa shape index (κ2) is 9.25. The zero-order chi connectivity index (χ0) is 22.9. The van der Waals surface area contributed by atoms with Crippen LogP contribution < -0.4 is 0 Å². The van der Waals surface area contributed by atoms with Crippen LogP contribution in [0.4, 0.5) is 0 Å². The number of sulfonamides is 1. The van der Waals surface area contributed by atoms with E-state index in [4.69, 9.17) is 0 Å². The minimum atomic E-state index is -3.54. The summed E-state index contributed by atoms with van der Waals surface area (Å²) in [5.41, 5.74) is 1.70. The van der Waals surface area contributed by atoms with E-state index in [9.17, 15) is 18.3 Å². The van der Waals surface area contributed by atoms with Gasteiger partial charge in [-0.05, 0) is 60.7 Å². The van der Waals surface area contributed by atoms with Crippen LogP contribution in [-0.4, -0.2) is 51.7 Å². The van der Waals surface area contributed by atoms with Crippen molar-refractivity contribution in [3.05, 3.63) is 54.4 Å². The quantitative estimate of drug-likeness (QED) is 0.517. The minimum absolute atomic E-state index is 0.147. The smallest absolute Gasteiger partial charge is 0.323 e. The molecular weight excluding hydrogens is 446 g/mol. The number of aliphatic carboxylic acids is 1. The second-order valence-electron chi connectivity index (χ2n) is 8.30. The van der Waals surface area contributed by atoms with Crippen LogP contribution in [0.15, 0.2) is 58.6 Å². The van der Waals surface area contributed by atoms with Crippen LogP contribution in [0.3, 0.4) is 0 Å². The van der Waals surface area contributed by atoms with E-state index in [1.807, 2.05) is 30.5 Å². The first-order valence-corrected chi connectivity index (χ1v) is 13.0. The number of hydrogen-bond acceptors (Lipinski definition) is 5. The van der Waals surface area contributed by atoms with E-state index in [1.54, 1.807) is 39.0 Å². The lowest BCUT2D eigenvalue weighted by Gasteiger charge is -2.31. The number of piperidine rings is 1. The molecule has 0 atom stereocenters. The van der Waals surface area contributed by atoms with Crippen LogP contribution in [0.2, 0.25) is 0 Å². The first-order chi connectivity index (χ1) is 15.3. The van der Waals surface area contributed by atoms with Gasteiger partial charge in [0, 0.05) is 41.0 Å². The maximum Gasteiger partial charge on any atom is 0.323 e. The van der Waals surface area contributed by atoms with Gasteiger partial charge in [0.05, 0.1) is 4.90 Å². The van der Waals surface area contributed by atoms with E-state index in [1.165, 1.54) is 0 Å². The molecule has 0 bridgehead atoms. The van der Waals surface area contributed by atoms with Crippen LogP contribution in [0.25, 0.3) is 11.0 Å². The average molecular weight is 474 g/mol. The summed E-state index contributed by atoms with van der Waals surface area (Å²) in [5, 5.41) is 10.6. The predicted octanol–water partition coefficient (Wildman–Crippen LogP) is 4.19. The number of hydrogen-bond donors (Lipinski definition) is 1. The molecule has 1 aliphatic rings. The number of pyridine rings is 1. The molecule has 0 aliphatic carbocycles. The van der Waals surface area contributed by atoms with Crippen molar-refractivity contribution in [3.8, 4) is 0 Å². The van der Waals surface area contributed by atoms with Gasteiger partial charge in [0.15, 0.2) is 0 Å². The Labute approximate surface area is 192 Å². The molecule has 0 saturated carbocycles. The fourth-order valence-electron chi connectivity index (χ4n) is 4.26. The Bertz CT molecular complexity index is 1210. The molecule has 0 spiro atoms. The van der Waals surface area contributed by atoms with Crippen molar-refractivity contribution in [3.63, 3.8) is 0 Å². The van der Waals surface area contributed by atoms with Gasteiger partial charge in [-0.3, -0.25) is 4.79 Å². The largest absolute Gasteiger partial charge is 0.480 e. The molecule has 2 aromatic heterocycles. The lowest BCUT2D eigenvalue weighted by Crippen LogP contribution is -2.37. The predicted molar refractivity (Wildman–Crippen MR) is 126 cm³/mol. The molecule has 1 aromatic carbocycles. The van der Waals surface area contributed by atoms with Crippen molar-refractivity contribution in [2.45, 2.75) is 54.2 Å². The molecule has 32 heavy (non-hydrogen) atoms. The Morgan fingerprint density at radius 1 is 1.19 bits per heavy atom. The molecule has 1 aliphatic heterocycles. The SMILES string of the molecule is CC(C)Sc1ccc(S(=O)(=O)N2CCC(c3cn(CC(=O)O)c4ncccc34)CC2)cc1. The van der Waals surface area contributed by atoms with Crippen molar-refractivity contribution in [2.24, 2.45) is 0 Å². The molecule has 4 rings (SSSR count). The van der Waals surface area contributed by atoms with Crippen molar-refractivity contribution >= 4 is 38.8 Å². The highest BCUT2D eigenvalue weighted by Crippen LogP contribution is 2.35. The summed E-state index contributed by atoms with van der Waals surface area (Å²) in [4.78, 5) is 17.0. The Hall–Kier alpha value is -2.36. The van der Waals surface area contributed by atoms with E-state index in [-0.39, 0.29) is 12.5 Å². The van der Waals surface area contributed by atoms with Crippen LogP contribution in [0, 0.1) is 0 Å². The van der Waals surface area contributed by atoms with Crippen LogP contribution in [0.5, 0.6) is 0 Å². The lowest BCUT2D eigenvalue weighted by atomic mass is 9.90. The molecular formula is C23H27N3O4S2. The maximum atomic E-state index is 13.1. The molecule has 3 aromatic rings. The van der Waals surface area contributed by atoms with Crippen LogP contribution >= 0.6 is 11.8 Å². The highest BCUT2D eigenvalue weighted by molar-refractivity contribution is 7.99. The van der Waals surface area contributed by atoms with Crippen molar-refractivity contribution in [1.29, 1.82) is 0 Å². The lowest BCUT2D eigenvalue weighted by molar-refractivity contribution is -0.137. The first-order valence-electron chi connectivity index (χ1n) is 10.7. The standard InChI is InChI=1S/C23H27N3O4S2/c1-16(2)31-18-5-7-19(8-6-18)32(29,30)26-12-9-17(10-13-26)21-14-25(15-22(27)28)23-20(21)4-3-11-24-23/h3-8,11,14,16-17H,9-10,12-13,15H2,1-2H3,(H,27,28). The highest BCUT2D eigenvalue weighted by Gasteiger charge is 2.31. The van der Waals surface area contributed by atoms with Gasteiger partial charge in [-0.15, -0.1) is 11.8 Å². The van der Waals surface area contributed by atoms with Crippen molar-refractivity contribution in [2.75, 3.05) is 13.1 Å². The summed E-state index contributed by atoms with van der Waals surface area (Å²) in [6.45, 7) is 4.93. The molecule has 7 nitrogen and oxygen atoms in total. The third kappa shape index (κ3) is 4.69. The summed E-state index contributed by atoms with van der Waals surface area (Å²) in [5.74, 6) is -0.758. The van der Waals surface area contributed by atoms with E-state index in [0.29, 0.717) is 41.7 Å². The molecule has 9 heteroatoms. The number of thioether (sulfide) groups is 1.